The first kappa shape index (κ1) is 20.2. The fourth-order valence-corrected chi connectivity index (χ4v) is 4.44. The molecular weight excluding hydrogens is 380 g/mol. The topological polar surface area (TPSA) is 84.9 Å². The van der Waals surface area contributed by atoms with Crippen LogP contribution in [0.5, 0.6) is 11.5 Å². The molecule has 2 aromatic carbocycles. The van der Waals surface area contributed by atoms with Crippen LogP contribution in [0.25, 0.3) is 0 Å². The van der Waals surface area contributed by atoms with Gasteiger partial charge in [-0.3, -0.25) is 4.79 Å². The highest BCUT2D eigenvalue weighted by Gasteiger charge is 2.30. The van der Waals surface area contributed by atoms with Gasteiger partial charge in [0.2, 0.25) is 15.9 Å². The Morgan fingerprint density at radius 2 is 1.75 bits per heavy atom. The van der Waals surface area contributed by atoms with E-state index in [4.69, 9.17) is 9.47 Å². The summed E-state index contributed by atoms with van der Waals surface area (Å²) in [7, 11) is 0.901. The summed E-state index contributed by atoms with van der Waals surface area (Å²) in [6.45, 7) is 3.83. The normalized spacial score (nSPS) is 16.1. The van der Waals surface area contributed by atoms with Gasteiger partial charge in [0.25, 0.3) is 0 Å². The maximum Gasteiger partial charge on any atom is 0.243 e. The number of nitrogens with one attached hydrogen (secondary N) is 1. The van der Waals surface area contributed by atoms with Crippen molar-refractivity contribution in [3.8, 4) is 11.5 Å². The maximum atomic E-state index is 13.1. The van der Waals surface area contributed by atoms with E-state index in [1.165, 1.54) is 17.4 Å². The standard InChI is InChI=1S/C20H24N2O5S/c1-12-8-18(26-4)19(27-5)9-14(12)11-22(3)28(24,25)15-6-7-17-16(10-15)13(2)20(23)21-17/h6-10,13H,11H2,1-5H3,(H,21,23)/t13-/m1/s1. The number of nitrogens with zero attached hydrogens (tertiary/aromatic N) is 1. The number of methoxy groups -OCH3 is 2. The summed E-state index contributed by atoms with van der Waals surface area (Å²) in [4.78, 5) is 12.0. The second-order valence-corrected chi connectivity index (χ2v) is 8.90. The predicted octanol–water partition coefficient (Wildman–Crippen LogP) is 2.89. The van der Waals surface area contributed by atoms with Crippen molar-refractivity contribution >= 4 is 21.6 Å². The molecule has 0 aliphatic carbocycles. The zero-order chi connectivity index (χ0) is 20.6. The van der Waals surface area contributed by atoms with Crippen LogP contribution in [0.1, 0.15) is 29.5 Å². The first-order chi connectivity index (χ1) is 13.2. The monoisotopic (exact) mass is 404 g/mol. The Hall–Kier alpha value is -2.58. The molecular formula is C20H24N2O5S. The molecule has 1 atom stereocenters. The van der Waals surface area contributed by atoms with E-state index in [0.29, 0.717) is 22.7 Å². The van der Waals surface area contributed by atoms with Crippen molar-refractivity contribution in [3.05, 3.63) is 47.0 Å². The van der Waals surface area contributed by atoms with Gasteiger partial charge >= 0.3 is 0 Å². The van der Waals surface area contributed by atoms with Crippen LogP contribution in [0, 0.1) is 6.92 Å². The summed E-state index contributed by atoms with van der Waals surface area (Å²) >= 11 is 0. The first-order valence-electron chi connectivity index (χ1n) is 8.81. The number of hydrogen-bond acceptors (Lipinski definition) is 5. The van der Waals surface area contributed by atoms with Gasteiger partial charge in [-0.15, -0.1) is 0 Å². The number of amides is 1. The summed E-state index contributed by atoms with van der Waals surface area (Å²) in [6.07, 6.45) is 0. The Balaban J connectivity index is 1.91. The lowest BCUT2D eigenvalue weighted by Gasteiger charge is -2.20. The van der Waals surface area contributed by atoms with Crippen molar-refractivity contribution in [2.75, 3.05) is 26.6 Å². The Morgan fingerprint density at radius 1 is 1.11 bits per heavy atom. The summed E-state index contributed by atoms with van der Waals surface area (Å²) in [5, 5.41) is 2.75. The maximum absolute atomic E-state index is 13.1. The molecule has 0 saturated heterocycles. The highest BCUT2D eigenvalue weighted by molar-refractivity contribution is 7.89. The van der Waals surface area contributed by atoms with E-state index in [1.807, 2.05) is 13.0 Å². The van der Waals surface area contributed by atoms with Gasteiger partial charge in [0.05, 0.1) is 25.0 Å². The summed E-state index contributed by atoms with van der Waals surface area (Å²) in [5.41, 5.74) is 3.07. The quantitative estimate of drug-likeness (QED) is 0.800. The largest absolute Gasteiger partial charge is 0.493 e. The van der Waals surface area contributed by atoms with Gasteiger partial charge in [-0.2, -0.15) is 4.31 Å². The van der Waals surface area contributed by atoms with E-state index in [2.05, 4.69) is 5.32 Å². The van der Waals surface area contributed by atoms with E-state index in [9.17, 15) is 13.2 Å². The fourth-order valence-electron chi connectivity index (χ4n) is 3.25. The molecule has 0 radical (unpaired) electrons. The number of rotatable bonds is 6. The van der Waals surface area contributed by atoms with Crippen molar-refractivity contribution < 1.29 is 22.7 Å². The molecule has 0 bridgehead atoms. The molecule has 0 fully saturated rings. The van der Waals surface area contributed by atoms with Gasteiger partial charge in [0.1, 0.15) is 0 Å². The molecule has 28 heavy (non-hydrogen) atoms. The van der Waals surface area contributed by atoms with Crippen LogP contribution in [-0.4, -0.2) is 39.9 Å². The summed E-state index contributed by atoms with van der Waals surface area (Å²) in [6, 6.07) is 8.34. The number of aryl methyl sites for hydroxylation is 1. The summed E-state index contributed by atoms with van der Waals surface area (Å²) < 4.78 is 38.1. The third kappa shape index (κ3) is 3.45. The number of carbonyl (C=O) groups is 1. The molecule has 3 rings (SSSR count). The van der Waals surface area contributed by atoms with Crippen LogP contribution in [0.3, 0.4) is 0 Å². The minimum absolute atomic E-state index is 0.126. The Bertz CT molecular complexity index is 1030. The molecule has 150 valence electrons. The van der Waals surface area contributed by atoms with E-state index < -0.39 is 10.0 Å². The molecule has 1 heterocycles. The third-order valence-corrected chi connectivity index (χ3v) is 6.88. The van der Waals surface area contributed by atoms with Crippen molar-refractivity contribution in [1.29, 1.82) is 0 Å². The molecule has 8 heteroatoms. The van der Waals surface area contributed by atoms with Crippen molar-refractivity contribution in [2.24, 2.45) is 0 Å². The number of ether oxygens (including phenoxy) is 2. The molecule has 1 aliphatic heterocycles. The van der Waals surface area contributed by atoms with E-state index >= 15 is 0 Å². The molecule has 0 unspecified atom stereocenters. The predicted molar refractivity (Wildman–Crippen MR) is 106 cm³/mol. The van der Waals surface area contributed by atoms with E-state index in [-0.39, 0.29) is 23.3 Å². The van der Waals surface area contributed by atoms with Gasteiger partial charge < -0.3 is 14.8 Å². The molecule has 0 aromatic heterocycles. The van der Waals surface area contributed by atoms with Gasteiger partial charge in [-0.1, -0.05) is 0 Å². The number of benzene rings is 2. The lowest BCUT2D eigenvalue weighted by molar-refractivity contribution is -0.116. The van der Waals surface area contributed by atoms with Crippen LogP contribution >= 0.6 is 0 Å². The second-order valence-electron chi connectivity index (χ2n) is 6.85. The molecule has 1 N–H and O–H groups in total. The van der Waals surface area contributed by atoms with Gasteiger partial charge in [-0.25, -0.2) is 8.42 Å². The highest BCUT2D eigenvalue weighted by Crippen LogP contribution is 2.35. The molecule has 7 nitrogen and oxygen atoms in total. The average molecular weight is 404 g/mol. The lowest BCUT2D eigenvalue weighted by Crippen LogP contribution is -2.27. The highest BCUT2D eigenvalue weighted by atomic mass is 32.2. The number of carbonyl (C=O) groups excluding carboxylic acids is 1. The minimum atomic E-state index is -3.73. The fraction of sp³-hybridized carbons (Fsp3) is 0.350. The average Bonchev–Trinajstić information content (AvgIpc) is 2.96. The minimum Gasteiger partial charge on any atom is -0.493 e. The zero-order valence-corrected chi connectivity index (χ0v) is 17.4. The SMILES string of the molecule is COc1cc(C)c(CN(C)S(=O)(=O)c2ccc3c(c2)[C@@H](C)C(=O)N3)cc1OC. The number of anilines is 1. The van der Waals surface area contributed by atoms with Crippen molar-refractivity contribution in [3.63, 3.8) is 0 Å². The molecule has 0 saturated carbocycles. The summed E-state index contributed by atoms with van der Waals surface area (Å²) in [5.74, 6) is 0.645. The second kappa shape index (κ2) is 7.44. The van der Waals surface area contributed by atoms with E-state index in [0.717, 1.165) is 11.1 Å². The smallest absolute Gasteiger partial charge is 0.243 e. The van der Waals surface area contributed by atoms with Crippen molar-refractivity contribution in [1.82, 2.24) is 4.31 Å². The Morgan fingerprint density at radius 3 is 2.39 bits per heavy atom. The van der Waals surface area contributed by atoms with Crippen LogP contribution in [-0.2, 0) is 21.4 Å². The van der Waals surface area contributed by atoms with E-state index in [1.54, 1.807) is 39.3 Å². The third-order valence-electron chi connectivity index (χ3n) is 5.08. The molecule has 2 aromatic rings. The first-order valence-corrected chi connectivity index (χ1v) is 10.3. The Labute approximate surface area is 165 Å². The zero-order valence-electron chi connectivity index (χ0n) is 16.6. The van der Waals surface area contributed by atoms with Gasteiger partial charge in [0.15, 0.2) is 11.5 Å². The number of hydrogen-bond donors (Lipinski definition) is 1. The molecule has 1 amide bonds. The lowest BCUT2D eigenvalue weighted by atomic mass is 10.0. The van der Waals surface area contributed by atoms with Crippen molar-refractivity contribution in [2.45, 2.75) is 31.2 Å². The molecule has 0 spiro atoms. The van der Waals surface area contributed by atoms with Crippen LogP contribution in [0.15, 0.2) is 35.2 Å². The Kier molecular flexibility index (Phi) is 5.36. The van der Waals surface area contributed by atoms with Gasteiger partial charge in [-0.05, 0) is 60.9 Å². The number of fused-ring (bicyclic) bond motifs is 1. The van der Waals surface area contributed by atoms with Gasteiger partial charge in [0, 0.05) is 19.3 Å². The van der Waals surface area contributed by atoms with Crippen LogP contribution < -0.4 is 14.8 Å². The van der Waals surface area contributed by atoms with Crippen LogP contribution in [0.2, 0.25) is 0 Å². The number of sulfonamides is 1. The molecule has 1 aliphatic rings. The van der Waals surface area contributed by atoms with Crippen LogP contribution in [0.4, 0.5) is 5.69 Å².